The molecule has 0 saturated carbocycles. The Morgan fingerprint density at radius 2 is 1.88 bits per heavy atom. The standard InChI is InChI=1S/C19H25N5OS/c1-12-15(16-23-24-18(25-16)21-11-5-10-20)26-17(22-12)13-6-8-14(9-7-13)19(2,3)4/h6-9H,5,10-11,20H2,1-4H3,(H,21,24). The lowest BCUT2D eigenvalue weighted by atomic mass is 9.87. The van der Waals surface area contributed by atoms with E-state index >= 15 is 0 Å². The lowest BCUT2D eigenvalue weighted by Crippen LogP contribution is -2.10. The number of benzene rings is 1. The fourth-order valence-corrected chi connectivity index (χ4v) is 3.51. The van der Waals surface area contributed by atoms with Crippen LogP contribution in [0.5, 0.6) is 0 Å². The van der Waals surface area contributed by atoms with Crippen molar-refractivity contribution in [2.45, 2.75) is 39.5 Å². The lowest BCUT2D eigenvalue weighted by Gasteiger charge is -2.18. The summed E-state index contributed by atoms with van der Waals surface area (Å²) in [6.45, 7) is 9.93. The maximum atomic E-state index is 5.71. The predicted molar refractivity (Wildman–Crippen MR) is 106 cm³/mol. The Morgan fingerprint density at radius 1 is 1.15 bits per heavy atom. The Hall–Kier alpha value is -2.25. The van der Waals surface area contributed by atoms with E-state index in [9.17, 15) is 0 Å². The molecule has 0 aliphatic carbocycles. The molecule has 0 aliphatic rings. The SMILES string of the molecule is Cc1nc(-c2ccc(C(C)(C)C)cc2)sc1-c1nnc(NCCCN)o1. The van der Waals surface area contributed by atoms with Crippen LogP contribution >= 0.6 is 11.3 Å². The summed E-state index contributed by atoms with van der Waals surface area (Å²) in [5.74, 6) is 0.493. The molecule has 0 atom stereocenters. The molecule has 0 saturated heterocycles. The van der Waals surface area contributed by atoms with E-state index in [-0.39, 0.29) is 5.41 Å². The van der Waals surface area contributed by atoms with Crippen molar-refractivity contribution in [3.63, 3.8) is 0 Å². The zero-order chi connectivity index (χ0) is 18.7. The number of anilines is 1. The average molecular weight is 372 g/mol. The fraction of sp³-hybridized carbons (Fsp3) is 0.421. The summed E-state index contributed by atoms with van der Waals surface area (Å²) < 4.78 is 5.71. The molecule has 0 radical (unpaired) electrons. The molecule has 138 valence electrons. The number of aryl methyl sites for hydroxylation is 1. The van der Waals surface area contributed by atoms with Crippen molar-refractivity contribution in [2.75, 3.05) is 18.4 Å². The van der Waals surface area contributed by atoms with E-state index in [2.05, 4.69) is 65.5 Å². The quantitative estimate of drug-likeness (QED) is 0.630. The number of hydrogen-bond acceptors (Lipinski definition) is 7. The number of thiazole rings is 1. The number of aromatic nitrogens is 3. The molecular formula is C19H25N5OS. The third kappa shape index (κ3) is 4.11. The van der Waals surface area contributed by atoms with Crippen molar-refractivity contribution in [2.24, 2.45) is 5.73 Å². The van der Waals surface area contributed by atoms with Gasteiger partial charge in [0.25, 0.3) is 5.89 Å². The molecule has 7 heteroatoms. The molecule has 2 heterocycles. The molecule has 0 spiro atoms. The topological polar surface area (TPSA) is 89.9 Å². The van der Waals surface area contributed by atoms with Gasteiger partial charge in [0.05, 0.1) is 5.69 Å². The van der Waals surface area contributed by atoms with Gasteiger partial charge in [-0.25, -0.2) is 4.98 Å². The monoisotopic (exact) mass is 371 g/mol. The molecule has 26 heavy (non-hydrogen) atoms. The van der Waals surface area contributed by atoms with E-state index in [4.69, 9.17) is 10.2 Å². The molecule has 0 bridgehead atoms. The largest absolute Gasteiger partial charge is 0.402 e. The highest BCUT2D eigenvalue weighted by Crippen LogP contribution is 2.35. The summed E-state index contributed by atoms with van der Waals surface area (Å²) in [5, 5.41) is 12.2. The highest BCUT2D eigenvalue weighted by molar-refractivity contribution is 7.18. The smallest absolute Gasteiger partial charge is 0.315 e. The van der Waals surface area contributed by atoms with Crippen LogP contribution in [0.25, 0.3) is 21.3 Å². The van der Waals surface area contributed by atoms with Gasteiger partial charge in [-0.2, -0.15) is 0 Å². The third-order valence-corrected chi connectivity index (χ3v) is 5.27. The van der Waals surface area contributed by atoms with E-state index in [1.165, 1.54) is 5.56 Å². The number of nitrogens with zero attached hydrogens (tertiary/aromatic N) is 3. The molecule has 6 nitrogen and oxygen atoms in total. The summed E-state index contributed by atoms with van der Waals surface area (Å²) in [7, 11) is 0. The van der Waals surface area contributed by atoms with Crippen LogP contribution in [0.15, 0.2) is 28.7 Å². The molecule has 0 unspecified atom stereocenters. The van der Waals surface area contributed by atoms with Crippen LogP contribution in [-0.2, 0) is 5.41 Å². The van der Waals surface area contributed by atoms with Crippen LogP contribution in [0.1, 0.15) is 38.4 Å². The Bertz CT molecular complexity index is 861. The Labute approximate surface area is 157 Å². The van der Waals surface area contributed by atoms with E-state index in [1.807, 2.05) is 6.92 Å². The van der Waals surface area contributed by atoms with Crippen LogP contribution in [0, 0.1) is 6.92 Å². The van der Waals surface area contributed by atoms with Gasteiger partial charge in [0.1, 0.15) is 9.88 Å². The van der Waals surface area contributed by atoms with Crippen LogP contribution in [0.2, 0.25) is 0 Å². The molecule has 0 amide bonds. The third-order valence-electron chi connectivity index (χ3n) is 4.07. The second kappa shape index (κ2) is 7.55. The van der Waals surface area contributed by atoms with Gasteiger partial charge in [0.2, 0.25) is 0 Å². The number of nitrogens with one attached hydrogen (secondary N) is 1. The fourth-order valence-electron chi connectivity index (χ4n) is 2.51. The maximum Gasteiger partial charge on any atom is 0.315 e. The van der Waals surface area contributed by atoms with Gasteiger partial charge >= 0.3 is 6.01 Å². The minimum atomic E-state index is 0.138. The Balaban J connectivity index is 1.81. The average Bonchev–Trinajstić information content (AvgIpc) is 3.21. The van der Waals surface area contributed by atoms with Crippen LogP contribution < -0.4 is 11.1 Å². The molecule has 0 fully saturated rings. The first-order valence-corrected chi connectivity index (χ1v) is 9.56. The lowest BCUT2D eigenvalue weighted by molar-refractivity contribution is 0.580. The second-order valence-corrected chi connectivity index (χ2v) is 8.24. The number of rotatable bonds is 6. The van der Waals surface area contributed by atoms with Gasteiger partial charge in [-0.1, -0.05) is 50.1 Å². The van der Waals surface area contributed by atoms with Crippen molar-refractivity contribution in [1.82, 2.24) is 15.2 Å². The van der Waals surface area contributed by atoms with E-state index < -0.39 is 0 Å². The van der Waals surface area contributed by atoms with Crippen molar-refractivity contribution < 1.29 is 4.42 Å². The van der Waals surface area contributed by atoms with Gasteiger partial charge in [-0.15, -0.1) is 16.4 Å². The van der Waals surface area contributed by atoms with Gasteiger partial charge < -0.3 is 15.5 Å². The number of nitrogens with two attached hydrogens (primary N) is 1. The highest BCUT2D eigenvalue weighted by Gasteiger charge is 2.18. The summed E-state index contributed by atoms with van der Waals surface area (Å²) in [6.07, 6.45) is 0.853. The van der Waals surface area contributed by atoms with Gasteiger partial charge in [-0.3, -0.25) is 0 Å². The summed E-state index contributed by atoms with van der Waals surface area (Å²) >= 11 is 1.57. The molecule has 3 rings (SSSR count). The van der Waals surface area contributed by atoms with Crippen molar-refractivity contribution in [1.29, 1.82) is 0 Å². The van der Waals surface area contributed by atoms with E-state index in [0.29, 0.717) is 25.0 Å². The molecule has 1 aromatic carbocycles. The molecule has 2 aromatic heterocycles. The first kappa shape index (κ1) is 18.5. The summed E-state index contributed by atoms with van der Waals surface area (Å²) in [6, 6.07) is 8.99. The summed E-state index contributed by atoms with van der Waals surface area (Å²) in [5.41, 5.74) is 8.92. The maximum absolute atomic E-state index is 5.71. The molecule has 0 aliphatic heterocycles. The van der Waals surface area contributed by atoms with Crippen molar-refractivity contribution in [3.05, 3.63) is 35.5 Å². The van der Waals surface area contributed by atoms with Crippen molar-refractivity contribution in [3.8, 4) is 21.3 Å². The zero-order valence-corrected chi connectivity index (χ0v) is 16.5. The van der Waals surface area contributed by atoms with Gasteiger partial charge in [0.15, 0.2) is 0 Å². The molecule has 3 aromatic rings. The van der Waals surface area contributed by atoms with E-state index in [0.717, 1.165) is 27.6 Å². The molecular weight excluding hydrogens is 346 g/mol. The van der Waals surface area contributed by atoms with Crippen molar-refractivity contribution >= 4 is 17.4 Å². The number of hydrogen-bond donors (Lipinski definition) is 2. The second-order valence-electron chi connectivity index (χ2n) is 7.24. The minimum absolute atomic E-state index is 0.138. The van der Waals surface area contributed by atoms with E-state index in [1.54, 1.807) is 11.3 Å². The first-order valence-electron chi connectivity index (χ1n) is 8.74. The Kier molecular flexibility index (Phi) is 5.38. The first-order chi connectivity index (χ1) is 12.4. The Morgan fingerprint density at radius 3 is 2.54 bits per heavy atom. The van der Waals surface area contributed by atoms with Gasteiger partial charge in [0, 0.05) is 12.1 Å². The summed E-state index contributed by atoms with van der Waals surface area (Å²) in [4.78, 5) is 5.59. The predicted octanol–water partition coefficient (Wildman–Crippen LogP) is 4.23. The van der Waals surface area contributed by atoms with Crippen LogP contribution in [-0.4, -0.2) is 28.3 Å². The molecule has 3 N–H and O–H groups in total. The zero-order valence-electron chi connectivity index (χ0n) is 15.7. The van der Waals surface area contributed by atoms with Crippen LogP contribution in [0.4, 0.5) is 6.01 Å². The van der Waals surface area contributed by atoms with Gasteiger partial charge in [-0.05, 0) is 30.9 Å². The minimum Gasteiger partial charge on any atom is -0.402 e. The normalized spacial score (nSPS) is 11.7. The van der Waals surface area contributed by atoms with Crippen LogP contribution in [0.3, 0.4) is 0 Å². The highest BCUT2D eigenvalue weighted by atomic mass is 32.1.